The molecule has 4 atom stereocenters. The van der Waals surface area contributed by atoms with E-state index < -0.39 is 15.5 Å². The van der Waals surface area contributed by atoms with Crippen molar-refractivity contribution in [2.45, 2.75) is 218 Å². The molecule has 4 aromatic rings. The van der Waals surface area contributed by atoms with Crippen LogP contribution in [-0.4, -0.2) is 20.7 Å². The van der Waals surface area contributed by atoms with Crippen LogP contribution in [0, 0.1) is 0 Å². The topological polar surface area (TPSA) is 40.5 Å². The molecule has 5 heteroatoms. The summed E-state index contributed by atoms with van der Waals surface area (Å²) in [5, 5.41) is 26.6. The molecule has 2 nitrogen and oxygen atoms in total. The number of benzene rings is 4. The van der Waals surface area contributed by atoms with Crippen LogP contribution in [0.1, 0.15) is 208 Å². The number of phenols is 2. The van der Waals surface area contributed by atoms with Gasteiger partial charge in [0.1, 0.15) is 0 Å². The van der Waals surface area contributed by atoms with Gasteiger partial charge in [-0.25, -0.2) is 0 Å². The molecule has 0 spiro atoms. The van der Waals surface area contributed by atoms with Crippen molar-refractivity contribution in [2.24, 2.45) is 0 Å². The average molecular weight is 925 g/mol. The molecule has 1 aliphatic carbocycles. The van der Waals surface area contributed by atoms with Gasteiger partial charge in [-0.1, -0.05) is 0 Å². The number of aromatic hydroxyl groups is 2. The average Bonchev–Trinajstić information content (AvgIpc) is 3.43. The Morgan fingerprint density at radius 2 is 0.667 bits per heavy atom. The molecule has 1 aliphatic heterocycles. The predicted molar refractivity (Wildman–Crippen MR) is 277 cm³/mol. The number of fused-ring (bicyclic) bond motifs is 1. The fourth-order valence-electron chi connectivity index (χ4n) is 9.15. The van der Waals surface area contributed by atoms with Crippen molar-refractivity contribution in [3.05, 3.63) is 105 Å². The van der Waals surface area contributed by atoms with Crippen LogP contribution in [-0.2, 0) is 59.5 Å². The van der Waals surface area contributed by atoms with Gasteiger partial charge in [-0.05, 0) is 0 Å². The maximum atomic E-state index is 12.6. The molecule has 1 heterocycles. The van der Waals surface area contributed by atoms with Crippen molar-refractivity contribution < 1.29 is 25.7 Å². The van der Waals surface area contributed by atoms with Crippen LogP contribution < -0.4 is 0 Å². The SMILES string of the molecule is CC(C)(C)c1cc(-c2cc(C(C)(C)C)cc(C[S]3=[Ti]=[S](Cc4cc(C(C)(C)C)cc(-c5cc(C(C)(C)C)cc(C(C)(C)C)c5)c4O)[C@H]4CCCCCCC43)c2O)cc(C(C)(C)C)c1. The summed E-state index contributed by atoms with van der Waals surface area (Å²) in [6.07, 6.45) is 7.93. The summed E-state index contributed by atoms with van der Waals surface area (Å²) >= 11 is -0.392. The molecular formula is C58H84O2S2Ti. The van der Waals surface area contributed by atoms with Crippen molar-refractivity contribution in [1.82, 2.24) is 0 Å². The second kappa shape index (κ2) is 18.2. The summed E-state index contributed by atoms with van der Waals surface area (Å²) < 4.78 is 0. The van der Waals surface area contributed by atoms with Crippen LogP contribution in [0.5, 0.6) is 11.5 Å². The molecule has 2 aliphatic rings. The van der Waals surface area contributed by atoms with E-state index in [0.29, 0.717) is 22.0 Å². The van der Waals surface area contributed by atoms with Crippen LogP contribution >= 0.6 is 15.9 Å². The molecule has 0 saturated heterocycles. The summed E-state index contributed by atoms with van der Waals surface area (Å²) in [7, 11) is 0.470. The number of phenolic OH excluding ortho intramolecular Hbond substituents is 2. The third-order valence-corrected chi connectivity index (χ3v) is 29.7. The Hall–Kier alpha value is -2.11. The van der Waals surface area contributed by atoms with Crippen LogP contribution in [0.15, 0.2) is 60.7 Å². The van der Waals surface area contributed by atoms with E-state index in [-0.39, 0.29) is 48.4 Å². The molecule has 1 fully saturated rings. The second-order valence-corrected chi connectivity index (χ2v) is 36.9. The van der Waals surface area contributed by atoms with Gasteiger partial charge >= 0.3 is 398 Å². The zero-order valence-corrected chi connectivity index (χ0v) is 46.0. The zero-order chi connectivity index (χ0) is 46.8. The Kier molecular flexibility index (Phi) is 14.5. The fourth-order valence-corrected chi connectivity index (χ4v) is 30.0. The van der Waals surface area contributed by atoms with Gasteiger partial charge in [0.15, 0.2) is 0 Å². The molecular weight excluding hydrogens is 841 g/mol. The van der Waals surface area contributed by atoms with Gasteiger partial charge in [0, 0.05) is 0 Å². The third kappa shape index (κ3) is 11.7. The molecule has 1 saturated carbocycles. The van der Waals surface area contributed by atoms with E-state index in [1.807, 2.05) is 0 Å². The first-order valence-corrected chi connectivity index (χ1v) is 30.8. The first-order valence-electron chi connectivity index (χ1n) is 24.0. The summed E-state index contributed by atoms with van der Waals surface area (Å²) in [6, 6.07) is 23.5. The Morgan fingerprint density at radius 3 is 0.937 bits per heavy atom. The molecule has 3 unspecified atom stereocenters. The van der Waals surface area contributed by atoms with E-state index in [2.05, 4.69) is 185 Å². The Morgan fingerprint density at radius 1 is 0.397 bits per heavy atom. The van der Waals surface area contributed by atoms with E-state index in [0.717, 1.165) is 44.9 Å². The second-order valence-electron chi connectivity index (χ2n) is 25.5. The van der Waals surface area contributed by atoms with Gasteiger partial charge in [-0.15, -0.1) is 0 Å². The Labute approximate surface area is 395 Å². The Balaban J connectivity index is 1.53. The summed E-state index contributed by atoms with van der Waals surface area (Å²) in [5.74, 6) is 2.95. The van der Waals surface area contributed by atoms with Crippen LogP contribution in [0.25, 0.3) is 22.3 Å². The molecule has 6 rings (SSSR count). The van der Waals surface area contributed by atoms with E-state index in [4.69, 9.17) is 0 Å². The van der Waals surface area contributed by atoms with Gasteiger partial charge in [-0.3, -0.25) is 0 Å². The molecule has 63 heavy (non-hydrogen) atoms. The normalized spacial score (nSPS) is 20.4. The van der Waals surface area contributed by atoms with E-state index in [1.54, 1.807) is 0 Å². The zero-order valence-electron chi connectivity index (χ0n) is 42.8. The molecule has 0 aromatic heterocycles. The number of hydrogen-bond donors (Lipinski definition) is 2. The van der Waals surface area contributed by atoms with Crippen LogP contribution in [0.2, 0.25) is 0 Å². The third-order valence-electron chi connectivity index (χ3n) is 13.8. The molecule has 0 bridgehead atoms. The first-order chi connectivity index (χ1) is 28.8. The van der Waals surface area contributed by atoms with Crippen LogP contribution in [0.3, 0.4) is 0 Å². The summed E-state index contributed by atoms with van der Waals surface area (Å²) in [6.45, 7) is 41.6. The van der Waals surface area contributed by atoms with Crippen molar-refractivity contribution in [3.63, 3.8) is 0 Å². The van der Waals surface area contributed by atoms with Gasteiger partial charge in [0.25, 0.3) is 0 Å². The quantitative estimate of drug-likeness (QED) is 0.189. The Bertz CT molecular complexity index is 2190. The minimum absolute atomic E-state index is 0.0110. The van der Waals surface area contributed by atoms with Gasteiger partial charge in [-0.2, -0.15) is 0 Å². The number of hydrogen-bond acceptors (Lipinski definition) is 2. The first kappa shape index (κ1) is 50.3. The van der Waals surface area contributed by atoms with E-state index >= 15 is 0 Å². The van der Waals surface area contributed by atoms with Crippen molar-refractivity contribution >= 4 is 15.9 Å². The monoisotopic (exact) mass is 925 g/mol. The van der Waals surface area contributed by atoms with Gasteiger partial charge < -0.3 is 0 Å². The standard InChI is InChI=1S/C58H84O2S2.Ti/c1-53(2,3)41-25-37(26-42(31-41)54(4,5)6)47-33-45(57(13,14)15)29-39(51(47)59)35-61-49-23-21-19-20-22-24-50(49)62-36-40-30-46(58(16,17)18)34-48(52(40)60)38-27-43(55(7,8)9)32-44(28-38)56(10,11)12;/h25-34,49-50,59-60H,19-24,35-36H2,1-18H3;/t49-,50?;/m0./s1. The molecule has 4 aromatic carbocycles. The fraction of sp³-hybridized carbons (Fsp3) is 0.586. The van der Waals surface area contributed by atoms with Gasteiger partial charge in [0.2, 0.25) is 0 Å². The van der Waals surface area contributed by atoms with Crippen LogP contribution in [0.4, 0.5) is 0 Å². The number of rotatable bonds is 6. The molecule has 344 valence electrons. The van der Waals surface area contributed by atoms with E-state index in [1.165, 1.54) is 71.9 Å². The summed E-state index contributed by atoms with van der Waals surface area (Å²) in [4.78, 5) is 0. The maximum absolute atomic E-state index is 12.6. The summed E-state index contributed by atoms with van der Waals surface area (Å²) in [5.41, 5.74) is 14.3. The molecule has 0 radical (unpaired) electrons. The van der Waals surface area contributed by atoms with E-state index in [9.17, 15) is 10.2 Å². The van der Waals surface area contributed by atoms with Crippen molar-refractivity contribution in [3.8, 4) is 33.8 Å². The minimum atomic E-state index is -0.392. The molecule has 0 amide bonds. The van der Waals surface area contributed by atoms with Gasteiger partial charge in [0.05, 0.1) is 0 Å². The molecule has 2 N–H and O–H groups in total. The predicted octanol–water partition coefficient (Wildman–Crippen LogP) is 17.5. The van der Waals surface area contributed by atoms with Crippen molar-refractivity contribution in [2.75, 3.05) is 0 Å². The van der Waals surface area contributed by atoms with Crippen molar-refractivity contribution in [1.29, 1.82) is 0 Å².